The lowest BCUT2D eigenvalue weighted by Gasteiger charge is -2.12. The van der Waals surface area contributed by atoms with Crippen LogP contribution < -0.4 is 14.8 Å². The van der Waals surface area contributed by atoms with E-state index in [0.717, 1.165) is 0 Å². The van der Waals surface area contributed by atoms with Gasteiger partial charge in [0.15, 0.2) is 0 Å². The third-order valence-electron chi connectivity index (χ3n) is 3.85. The molecule has 0 saturated carbocycles. The lowest BCUT2D eigenvalue weighted by Crippen LogP contribution is -2.25. The molecule has 0 spiro atoms. The fourth-order valence-electron chi connectivity index (χ4n) is 2.48. The highest BCUT2D eigenvalue weighted by Gasteiger charge is 2.17. The Morgan fingerprint density at radius 3 is 2.59 bits per heavy atom. The van der Waals surface area contributed by atoms with Crippen molar-refractivity contribution >= 4 is 37.5 Å². The molecule has 0 aliphatic carbocycles. The molecular weight excluding hydrogens is 460 g/mol. The average Bonchev–Trinajstić information content (AvgIpc) is 2.70. The number of sulfonamides is 1. The minimum Gasteiger partial charge on any atom is -0.493 e. The number of benzene rings is 2. The highest BCUT2D eigenvalue weighted by Crippen LogP contribution is 2.29. The van der Waals surface area contributed by atoms with Gasteiger partial charge in [0.25, 0.3) is 15.9 Å². The predicted octanol–water partition coefficient (Wildman–Crippen LogP) is 3.81. The van der Waals surface area contributed by atoms with Crippen molar-refractivity contribution in [1.82, 2.24) is 5.32 Å². The SMILES string of the molecule is CCOCCCNC(=O)c1cccc(S(=O)(=O)Nc2ccc(OCC)c(Br)c2)c1. The Hall–Kier alpha value is -2.10. The molecule has 0 aromatic heterocycles. The summed E-state index contributed by atoms with van der Waals surface area (Å²) in [5, 5.41) is 2.76. The fraction of sp³-hybridized carbons (Fsp3) is 0.350. The van der Waals surface area contributed by atoms with E-state index in [9.17, 15) is 13.2 Å². The molecule has 0 unspecified atom stereocenters. The fourth-order valence-corrected chi connectivity index (χ4v) is 4.07. The first kappa shape index (κ1) is 23.2. The van der Waals surface area contributed by atoms with Gasteiger partial charge in [-0.3, -0.25) is 9.52 Å². The molecule has 1 amide bonds. The Morgan fingerprint density at radius 1 is 1.10 bits per heavy atom. The largest absolute Gasteiger partial charge is 0.493 e. The van der Waals surface area contributed by atoms with E-state index in [-0.39, 0.29) is 16.4 Å². The summed E-state index contributed by atoms with van der Waals surface area (Å²) in [5.74, 6) is 0.292. The second-order valence-electron chi connectivity index (χ2n) is 6.02. The van der Waals surface area contributed by atoms with Crippen LogP contribution in [0, 0.1) is 0 Å². The van der Waals surface area contributed by atoms with Crippen LogP contribution in [0.4, 0.5) is 5.69 Å². The van der Waals surface area contributed by atoms with Crippen LogP contribution in [-0.4, -0.2) is 40.7 Å². The minimum absolute atomic E-state index is 0.00414. The van der Waals surface area contributed by atoms with Crippen molar-refractivity contribution in [2.45, 2.75) is 25.2 Å². The van der Waals surface area contributed by atoms with Crippen LogP contribution in [0.2, 0.25) is 0 Å². The number of anilines is 1. The van der Waals surface area contributed by atoms with Crippen LogP contribution in [0.1, 0.15) is 30.6 Å². The Bertz CT molecular complexity index is 934. The Balaban J connectivity index is 2.08. The number of halogens is 1. The van der Waals surface area contributed by atoms with Gasteiger partial charge < -0.3 is 14.8 Å². The van der Waals surface area contributed by atoms with Gasteiger partial charge in [-0.2, -0.15) is 0 Å². The van der Waals surface area contributed by atoms with Gasteiger partial charge >= 0.3 is 0 Å². The first-order valence-electron chi connectivity index (χ1n) is 9.28. The molecule has 0 aliphatic rings. The summed E-state index contributed by atoms with van der Waals surface area (Å²) in [5.41, 5.74) is 0.656. The summed E-state index contributed by atoms with van der Waals surface area (Å²) >= 11 is 3.36. The van der Waals surface area contributed by atoms with Gasteiger partial charge in [-0.15, -0.1) is 0 Å². The highest BCUT2D eigenvalue weighted by atomic mass is 79.9. The highest BCUT2D eigenvalue weighted by molar-refractivity contribution is 9.10. The Labute approximate surface area is 180 Å². The average molecular weight is 485 g/mol. The molecular formula is C20H25BrN2O5S. The van der Waals surface area contributed by atoms with Gasteiger partial charge in [0.2, 0.25) is 0 Å². The Morgan fingerprint density at radius 2 is 1.90 bits per heavy atom. The summed E-state index contributed by atoms with van der Waals surface area (Å²) in [6.45, 7) is 5.92. The maximum absolute atomic E-state index is 12.7. The Kier molecular flexibility index (Phi) is 8.94. The van der Waals surface area contributed by atoms with E-state index in [0.29, 0.717) is 48.7 Å². The van der Waals surface area contributed by atoms with E-state index >= 15 is 0 Å². The second kappa shape index (κ2) is 11.2. The summed E-state index contributed by atoms with van der Waals surface area (Å²) in [6.07, 6.45) is 0.686. The summed E-state index contributed by atoms with van der Waals surface area (Å²) in [7, 11) is -3.86. The van der Waals surface area contributed by atoms with E-state index < -0.39 is 10.0 Å². The van der Waals surface area contributed by atoms with Crippen LogP contribution in [0.3, 0.4) is 0 Å². The zero-order chi connectivity index (χ0) is 21.3. The number of ether oxygens (including phenoxy) is 2. The van der Waals surface area contributed by atoms with Gasteiger partial charge in [0, 0.05) is 25.3 Å². The van der Waals surface area contributed by atoms with Crippen molar-refractivity contribution in [3.63, 3.8) is 0 Å². The van der Waals surface area contributed by atoms with Crippen molar-refractivity contribution in [2.75, 3.05) is 31.1 Å². The van der Waals surface area contributed by atoms with Crippen LogP contribution >= 0.6 is 15.9 Å². The predicted molar refractivity (Wildman–Crippen MR) is 116 cm³/mol. The molecule has 2 aromatic carbocycles. The normalized spacial score (nSPS) is 11.1. The van der Waals surface area contributed by atoms with Gasteiger partial charge in [-0.25, -0.2) is 8.42 Å². The van der Waals surface area contributed by atoms with Crippen molar-refractivity contribution in [2.24, 2.45) is 0 Å². The first-order valence-corrected chi connectivity index (χ1v) is 11.6. The molecule has 0 saturated heterocycles. The van der Waals surface area contributed by atoms with Crippen molar-refractivity contribution in [3.8, 4) is 5.75 Å². The smallest absolute Gasteiger partial charge is 0.261 e. The molecule has 9 heteroatoms. The molecule has 0 aliphatic heterocycles. The van der Waals surface area contributed by atoms with Gasteiger partial charge in [0.05, 0.1) is 21.7 Å². The number of hydrogen-bond acceptors (Lipinski definition) is 5. The number of carbonyl (C=O) groups excluding carboxylic acids is 1. The zero-order valence-corrected chi connectivity index (χ0v) is 18.8. The molecule has 2 N–H and O–H groups in total. The third-order valence-corrected chi connectivity index (χ3v) is 5.84. The van der Waals surface area contributed by atoms with Crippen LogP contribution in [0.25, 0.3) is 0 Å². The molecule has 0 bridgehead atoms. The molecule has 2 aromatic rings. The zero-order valence-electron chi connectivity index (χ0n) is 16.4. The van der Waals surface area contributed by atoms with Crippen LogP contribution in [-0.2, 0) is 14.8 Å². The molecule has 7 nitrogen and oxygen atoms in total. The molecule has 0 radical (unpaired) electrons. The van der Waals surface area contributed by atoms with E-state index in [1.165, 1.54) is 18.2 Å². The van der Waals surface area contributed by atoms with Gasteiger partial charge in [-0.05, 0) is 72.6 Å². The first-order chi connectivity index (χ1) is 13.9. The molecule has 2 rings (SSSR count). The maximum Gasteiger partial charge on any atom is 0.261 e. The quantitative estimate of drug-likeness (QED) is 0.473. The number of nitrogens with one attached hydrogen (secondary N) is 2. The number of hydrogen-bond donors (Lipinski definition) is 2. The summed E-state index contributed by atoms with van der Waals surface area (Å²) in [6, 6.07) is 10.8. The standard InChI is InChI=1S/C20H25BrN2O5S/c1-3-27-12-6-11-22-20(24)15-7-5-8-17(13-15)29(25,26)23-16-9-10-19(28-4-2)18(21)14-16/h5,7-10,13-14,23H,3-4,6,11-12H2,1-2H3,(H,22,24). The second-order valence-corrected chi connectivity index (χ2v) is 8.55. The lowest BCUT2D eigenvalue weighted by atomic mass is 10.2. The maximum atomic E-state index is 12.7. The summed E-state index contributed by atoms with van der Waals surface area (Å²) in [4.78, 5) is 12.3. The van der Waals surface area contributed by atoms with Crippen molar-refractivity contribution < 1.29 is 22.7 Å². The van der Waals surface area contributed by atoms with Crippen molar-refractivity contribution in [1.29, 1.82) is 0 Å². The van der Waals surface area contributed by atoms with Gasteiger partial charge in [0.1, 0.15) is 5.75 Å². The van der Waals surface area contributed by atoms with Crippen LogP contribution in [0.5, 0.6) is 5.75 Å². The molecule has 0 heterocycles. The topological polar surface area (TPSA) is 93.7 Å². The molecule has 29 heavy (non-hydrogen) atoms. The number of rotatable bonds is 11. The summed E-state index contributed by atoms with van der Waals surface area (Å²) < 4.78 is 39.3. The molecule has 158 valence electrons. The van der Waals surface area contributed by atoms with Gasteiger partial charge in [-0.1, -0.05) is 6.07 Å². The molecule has 0 fully saturated rings. The van der Waals surface area contributed by atoms with E-state index in [4.69, 9.17) is 9.47 Å². The monoisotopic (exact) mass is 484 g/mol. The number of carbonyl (C=O) groups is 1. The third kappa shape index (κ3) is 7.02. The molecule has 0 atom stereocenters. The van der Waals surface area contributed by atoms with E-state index in [1.807, 2.05) is 13.8 Å². The number of amides is 1. The lowest BCUT2D eigenvalue weighted by molar-refractivity contribution is 0.0944. The van der Waals surface area contributed by atoms with Crippen molar-refractivity contribution in [3.05, 3.63) is 52.5 Å². The van der Waals surface area contributed by atoms with E-state index in [1.54, 1.807) is 24.3 Å². The van der Waals surface area contributed by atoms with E-state index in [2.05, 4.69) is 26.0 Å². The van der Waals surface area contributed by atoms with Crippen LogP contribution in [0.15, 0.2) is 51.8 Å². The minimum atomic E-state index is -3.86.